The van der Waals surface area contributed by atoms with Crippen LogP contribution in [0.1, 0.15) is 143 Å². The molecule has 0 bridgehead atoms. The van der Waals surface area contributed by atoms with Gasteiger partial charge in [-0.05, 0) is 51.4 Å². The predicted octanol–water partition coefficient (Wildman–Crippen LogP) is 8.98. The van der Waals surface area contributed by atoms with Gasteiger partial charge < -0.3 is 8.97 Å². The van der Waals surface area contributed by atoms with Gasteiger partial charge in [0.25, 0.3) is 0 Å². The third kappa shape index (κ3) is 18.4. The molecule has 0 amide bonds. The summed E-state index contributed by atoms with van der Waals surface area (Å²) >= 11 is 0. The maximum absolute atomic E-state index is 2.57. The lowest BCUT2D eigenvalue weighted by Gasteiger charge is -2.37. The van der Waals surface area contributed by atoms with Gasteiger partial charge in [0.15, 0.2) is 0 Å². The van der Waals surface area contributed by atoms with Crippen molar-refractivity contribution in [2.75, 3.05) is 53.4 Å². The van der Waals surface area contributed by atoms with Crippen LogP contribution < -0.4 is 0 Å². The predicted molar refractivity (Wildman–Crippen MR) is 147 cm³/mol. The molecule has 0 radical (unpaired) electrons. The molecule has 32 heavy (non-hydrogen) atoms. The number of nitrogens with zero attached hydrogens (tertiary/aromatic N) is 2. The van der Waals surface area contributed by atoms with Gasteiger partial charge in [0.1, 0.15) is 0 Å². The molecule has 0 aliphatic carbocycles. The molecular formula is C30H66N2+2. The first-order valence-electron chi connectivity index (χ1n) is 15.1. The molecule has 0 saturated heterocycles. The van der Waals surface area contributed by atoms with E-state index in [0.717, 1.165) is 0 Å². The van der Waals surface area contributed by atoms with Gasteiger partial charge in [0.2, 0.25) is 0 Å². The van der Waals surface area contributed by atoms with Gasteiger partial charge in [-0.2, -0.15) is 0 Å². The maximum atomic E-state index is 2.57. The second kappa shape index (κ2) is 21.5. The minimum absolute atomic E-state index is 1.34. The number of hydrogen-bond donors (Lipinski definition) is 0. The molecule has 0 heterocycles. The molecular weight excluding hydrogens is 388 g/mol. The summed E-state index contributed by atoms with van der Waals surface area (Å²) < 4.78 is 2.67. The van der Waals surface area contributed by atoms with Crippen molar-refractivity contribution in [2.45, 2.75) is 143 Å². The Kier molecular flexibility index (Phi) is 21.4. The molecule has 0 spiro atoms. The van der Waals surface area contributed by atoms with E-state index in [2.05, 4.69) is 41.8 Å². The van der Waals surface area contributed by atoms with Crippen molar-refractivity contribution in [3.63, 3.8) is 0 Å². The number of rotatable bonds is 25. The van der Waals surface area contributed by atoms with Gasteiger partial charge in [0, 0.05) is 12.8 Å². The molecule has 0 aromatic heterocycles. The van der Waals surface area contributed by atoms with E-state index in [4.69, 9.17) is 0 Å². The van der Waals surface area contributed by atoms with E-state index in [1.807, 2.05) is 0 Å². The van der Waals surface area contributed by atoms with Crippen LogP contribution in [0.2, 0.25) is 0 Å². The zero-order chi connectivity index (χ0) is 24.0. The molecule has 0 N–H and O–H groups in total. The standard InChI is InChI=1S/C30H66N2/c1-7-11-15-19-25-31(5,26-20-16-12-8-2)29-23-24-30-32(6,27-21-17-13-9-3)28-22-18-14-10-4/h7-30H2,1-6H3/q+2. The van der Waals surface area contributed by atoms with Crippen LogP contribution in [-0.4, -0.2) is 62.3 Å². The second-order valence-corrected chi connectivity index (χ2v) is 11.5. The Hall–Kier alpha value is -0.0800. The van der Waals surface area contributed by atoms with E-state index in [9.17, 15) is 0 Å². The highest BCUT2D eigenvalue weighted by molar-refractivity contribution is 4.51. The first-order valence-corrected chi connectivity index (χ1v) is 15.1. The van der Waals surface area contributed by atoms with Gasteiger partial charge in [-0.15, -0.1) is 0 Å². The van der Waals surface area contributed by atoms with Gasteiger partial charge in [-0.25, -0.2) is 0 Å². The maximum Gasteiger partial charge on any atom is 0.0786 e. The fourth-order valence-electron chi connectivity index (χ4n) is 5.34. The quantitative estimate of drug-likeness (QED) is 0.0953. The molecule has 0 aromatic carbocycles. The topological polar surface area (TPSA) is 0 Å². The van der Waals surface area contributed by atoms with Crippen LogP contribution in [0.3, 0.4) is 0 Å². The number of quaternary nitrogens is 2. The minimum Gasteiger partial charge on any atom is -0.326 e. The van der Waals surface area contributed by atoms with Gasteiger partial charge >= 0.3 is 0 Å². The first kappa shape index (κ1) is 31.9. The molecule has 2 heteroatoms. The lowest BCUT2D eigenvalue weighted by molar-refractivity contribution is -0.916. The van der Waals surface area contributed by atoms with Crippen LogP contribution in [0.4, 0.5) is 0 Å². The molecule has 0 aliphatic heterocycles. The van der Waals surface area contributed by atoms with Gasteiger partial charge in [-0.1, -0.05) is 79.1 Å². The Morgan fingerprint density at radius 3 is 0.656 bits per heavy atom. The molecule has 0 saturated carbocycles. The summed E-state index contributed by atoms with van der Waals surface area (Å²) in [6, 6.07) is 0. The average molecular weight is 455 g/mol. The molecule has 0 atom stereocenters. The fraction of sp³-hybridized carbons (Fsp3) is 1.00. The summed E-state index contributed by atoms with van der Waals surface area (Å²) in [5.41, 5.74) is 0. The Labute approximate surface area is 205 Å². The monoisotopic (exact) mass is 455 g/mol. The Morgan fingerprint density at radius 1 is 0.281 bits per heavy atom. The molecule has 0 aliphatic rings. The van der Waals surface area contributed by atoms with Crippen molar-refractivity contribution in [1.29, 1.82) is 0 Å². The van der Waals surface area contributed by atoms with Gasteiger partial charge in [-0.3, -0.25) is 0 Å². The highest BCUT2D eigenvalue weighted by Crippen LogP contribution is 2.17. The third-order valence-electron chi connectivity index (χ3n) is 7.85. The second-order valence-electron chi connectivity index (χ2n) is 11.5. The summed E-state index contributed by atoms with van der Waals surface area (Å²) in [7, 11) is 5.14. The minimum atomic E-state index is 1.34. The smallest absolute Gasteiger partial charge is 0.0786 e. The lowest BCUT2D eigenvalue weighted by Crippen LogP contribution is -2.48. The number of hydrogen-bond acceptors (Lipinski definition) is 0. The largest absolute Gasteiger partial charge is 0.326 e. The molecule has 194 valence electrons. The van der Waals surface area contributed by atoms with Crippen LogP contribution in [0.5, 0.6) is 0 Å². The summed E-state index contributed by atoms with van der Waals surface area (Å²) in [5.74, 6) is 0. The Balaban J connectivity index is 4.58. The molecule has 0 rings (SSSR count). The molecule has 0 unspecified atom stereocenters. The number of unbranched alkanes of at least 4 members (excludes halogenated alkanes) is 13. The van der Waals surface area contributed by atoms with Crippen molar-refractivity contribution in [2.24, 2.45) is 0 Å². The van der Waals surface area contributed by atoms with E-state index in [1.165, 1.54) is 164 Å². The van der Waals surface area contributed by atoms with Crippen molar-refractivity contribution in [3.8, 4) is 0 Å². The van der Waals surface area contributed by atoms with E-state index >= 15 is 0 Å². The zero-order valence-corrected chi connectivity index (χ0v) is 23.9. The van der Waals surface area contributed by atoms with Crippen molar-refractivity contribution >= 4 is 0 Å². The van der Waals surface area contributed by atoms with Crippen LogP contribution in [0.15, 0.2) is 0 Å². The Bertz CT molecular complexity index is 319. The Morgan fingerprint density at radius 2 is 0.469 bits per heavy atom. The van der Waals surface area contributed by atoms with Crippen LogP contribution in [0, 0.1) is 0 Å². The average Bonchev–Trinajstić information content (AvgIpc) is 2.78. The van der Waals surface area contributed by atoms with E-state index in [1.54, 1.807) is 0 Å². The third-order valence-corrected chi connectivity index (χ3v) is 7.85. The van der Waals surface area contributed by atoms with Crippen molar-refractivity contribution in [3.05, 3.63) is 0 Å². The highest BCUT2D eigenvalue weighted by atomic mass is 15.3. The zero-order valence-electron chi connectivity index (χ0n) is 23.9. The summed E-state index contributed by atoms with van der Waals surface area (Å²) in [5, 5.41) is 0. The van der Waals surface area contributed by atoms with E-state index in [-0.39, 0.29) is 0 Å². The van der Waals surface area contributed by atoms with E-state index < -0.39 is 0 Å². The highest BCUT2D eigenvalue weighted by Gasteiger charge is 2.23. The van der Waals surface area contributed by atoms with Crippen LogP contribution >= 0.6 is 0 Å². The summed E-state index contributed by atoms with van der Waals surface area (Å²) in [6.07, 6.45) is 25.4. The fourth-order valence-corrected chi connectivity index (χ4v) is 5.34. The first-order chi connectivity index (χ1) is 15.4. The van der Waals surface area contributed by atoms with Gasteiger partial charge in [0.05, 0.1) is 53.4 Å². The van der Waals surface area contributed by atoms with Crippen LogP contribution in [0.25, 0.3) is 0 Å². The summed E-state index contributed by atoms with van der Waals surface area (Å²) in [4.78, 5) is 0. The summed E-state index contributed by atoms with van der Waals surface area (Å²) in [6.45, 7) is 17.8. The molecule has 0 aromatic rings. The van der Waals surface area contributed by atoms with Crippen molar-refractivity contribution < 1.29 is 8.97 Å². The lowest BCUT2D eigenvalue weighted by atomic mass is 10.1. The molecule has 2 nitrogen and oxygen atoms in total. The van der Waals surface area contributed by atoms with E-state index in [0.29, 0.717) is 0 Å². The van der Waals surface area contributed by atoms with Crippen LogP contribution in [-0.2, 0) is 0 Å². The SMILES string of the molecule is CCCCCC[N+](C)(CCCCCC)CCCC[N+](C)(CCCCCC)CCCCCC. The molecule has 0 fully saturated rings. The normalized spacial score (nSPS) is 12.6. The van der Waals surface area contributed by atoms with Crippen molar-refractivity contribution in [1.82, 2.24) is 0 Å².